The maximum Gasteiger partial charge on any atom is 0.284 e. The highest BCUT2D eigenvalue weighted by Gasteiger charge is 2.21. The Bertz CT molecular complexity index is 894. The van der Waals surface area contributed by atoms with E-state index in [4.69, 9.17) is 19.6 Å². The largest absolute Gasteiger partial charge is 0.497 e. The Morgan fingerprint density at radius 3 is 2.48 bits per heavy atom. The van der Waals surface area contributed by atoms with Crippen LogP contribution in [0.4, 0.5) is 0 Å². The number of guanidine groups is 1. The molecule has 3 N–H and O–H groups in total. The van der Waals surface area contributed by atoms with Gasteiger partial charge in [-0.05, 0) is 30.3 Å². The number of nitrogens with zero attached hydrogens (tertiary/aromatic N) is 3. The molecule has 0 spiro atoms. The number of carbonyl (C=O) groups is 1. The lowest BCUT2D eigenvalue weighted by Crippen LogP contribution is -2.52. The summed E-state index contributed by atoms with van der Waals surface area (Å²) >= 11 is 0. The molecule has 1 aromatic heterocycles. The van der Waals surface area contributed by atoms with Gasteiger partial charge < -0.3 is 29.8 Å². The van der Waals surface area contributed by atoms with Crippen LogP contribution in [0.1, 0.15) is 21.9 Å². The summed E-state index contributed by atoms with van der Waals surface area (Å²) in [5.41, 5.74) is 6.33. The van der Waals surface area contributed by atoms with Crippen LogP contribution in [0.3, 0.4) is 0 Å². The van der Waals surface area contributed by atoms with E-state index in [1.54, 1.807) is 33.4 Å². The minimum absolute atomic E-state index is 0. The van der Waals surface area contributed by atoms with Crippen molar-refractivity contribution in [1.82, 2.24) is 15.1 Å². The number of ether oxygens (including phenoxy) is 2. The fourth-order valence-electron chi connectivity index (χ4n) is 3.47. The van der Waals surface area contributed by atoms with Gasteiger partial charge in [0.05, 0.1) is 20.8 Å². The number of rotatable bonds is 7. The predicted octanol–water partition coefficient (Wildman–Crippen LogP) is 1.91. The number of furan rings is 1. The van der Waals surface area contributed by atoms with Crippen molar-refractivity contribution >= 4 is 35.8 Å². The van der Waals surface area contributed by atoms with Crippen molar-refractivity contribution in [1.29, 1.82) is 0 Å². The molecule has 0 bridgehead atoms. The molecule has 1 aliphatic rings. The molecule has 1 fully saturated rings. The van der Waals surface area contributed by atoms with Gasteiger partial charge in [0.1, 0.15) is 17.3 Å². The minimum Gasteiger partial charge on any atom is -0.497 e. The second-order valence-electron chi connectivity index (χ2n) is 6.97. The van der Waals surface area contributed by atoms with Crippen molar-refractivity contribution in [3.05, 3.63) is 47.4 Å². The van der Waals surface area contributed by atoms with Crippen molar-refractivity contribution in [3.63, 3.8) is 0 Å². The fraction of sp³-hybridized carbons (Fsp3) is 0.429. The summed E-state index contributed by atoms with van der Waals surface area (Å²) in [6, 6.07) is 9.18. The summed E-state index contributed by atoms with van der Waals surface area (Å²) in [6.07, 6.45) is 0. The molecule has 2 heterocycles. The SMILES string of the molecule is CN=C(NCc1ccc(C(N)=O)o1)N1CCN(Cc2cc(OC)ccc2OC)CC1.I. The van der Waals surface area contributed by atoms with E-state index in [2.05, 4.69) is 20.1 Å². The topological polar surface area (TPSA) is 106 Å². The molecule has 2 aromatic rings. The number of amides is 1. The molecule has 1 amide bonds. The quantitative estimate of drug-likeness (QED) is 0.312. The first kappa shape index (κ1) is 24.8. The predicted molar refractivity (Wildman–Crippen MR) is 129 cm³/mol. The van der Waals surface area contributed by atoms with Gasteiger partial charge in [0.25, 0.3) is 5.91 Å². The third-order valence-corrected chi connectivity index (χ3v) is 5.09. The van der Waals surface area contributed by atoms with Crippen LogP contribution < -0.4 is 20.5 Å². The van der Waals surface area contributed by atoms with E-state index in [1.807, 2.05) is 18.2 Å². The molecular weight excluding hydrogens is 513 g/mol. The van der Waals surface area contributed by atoms with Crippen molar-refractivity contribution in [2.24, 2.45) is 10.7 Å². The highest BCUT2D eigenvalue weighted by molar-refractivity contribution is 14.0. The van der Waals surface area contributed by atoms with Gasteiger partial charge in [-0.3, -0.25) is 14.7 Å². The zero-order chi connectivity index (χ0) is 21.5. The van der Waals surface area contributed by atoms with E-state index in [1.165, 1.54) is 0 Å². The summed E-state index contributed by atoms with van der Waals surface area (Å²) in [5, 5.41) is 3.28. The molecule has 3 rings (SSSR count). The van der Waals surface area contributed by atoms with E-state index in [0.29, 0.717) is 12.3 Å². The highest BCUT2D eigenvalue weighted by atomic mass is 127. The summed E-state index contributed by atoms with van der Waals surface area (Å²) in [6.45, 7) is 4.71. The molecule has 0 aliphatic carbocycles. The van der Waals surface area contributed by atoms with E-state index in [9.17, 15) is 4.79 Å². The third kappa shape index (κ3) is 6.50. The van der Waals surface area contributed by atoms with E-state index >= 15 is 0 Å². The number of aliphatic imine (C=N–C) groups is 1. The number of nitrogens with two attached hydrogens (primary N) is 1. The monoisotopic (exact) mass is 543 g/mol. The number of nitrogens with one attached hydrogen (secondary N) is 1. The van der Waals surface area contributed by atoms with Gasteiger partial charge in [-0.2, -0.15) is 0 Å². The number of piperazine rings is 1. The molecule has 1 aliphatic heterocycles. The summed E-state index contributed by atoms with van der Waals surface area (Å²) < 4.78 is 16.2. The van der Waals surface area contributed by atoms with Crippen LogP contribution in [0.2, 0.25) is 0 Å². The Hall–Kier alpha value is -2.47. The number of benzene rings is 1. The first-order valence-corrected chi connectivity index (χ1v) is 9.81. The Morgan fingerprint density at radius 1 is 1.16 bits per heavy atom. The van der Waals surface area contributed by atoms with Crippen LogP contribution in [-0.4, -0.2) is 69.1 Å². The highest BCUT2D eigenvalue weighted by Crippen LogP contribution is 2.25. The summed E-state index contributed by atoms with van der Waals surface area (Å²) in [7, 11) is 5.11. The molecule has 9 nitrogen and oxygen atoms in total. The summed E-state index contributed by atoms with van der Waals surface area (Å²) in [5.74, 6) is 2.70. The zero-order valence-electron chi connectivity index (χ0n) is 18.1. The lowest BCUT2D eigenvalue weighted by atomic mass is 10.1. The average Bonchev–Trinajstić information content (AvgIpc) is 3.24. The van der Waals surface area contributed by atoms with Crippen molar-refractivity contribution < 1.29 is 18.7 Å². The van der Waals surface area contributed by atoms with Crippen LogP contribution in [-0.2, 0) is 13.1 Å². The van der Waals surface area contributed by atoms with Crippen molar-refractivity contribution in [3.8, 4) is 11.5 Å². The van der Waals surface area contributed by atoms with Crippen LogP contribution in [0.15, 0.2) is 39.7 Å². The van der Waals surface area contributed by atoms with Crippen LogP contribution in [0.5, 0.6) is 11.5 Å². The molecule has 0 unspecified atom stereocenters. The lowest BCUT2D eigenvalue weighted by molar-refractivity contribution is 0.0972. The van der Waals surface area contributed by atoms with Gasteiger partial charge in [0, 0.05) is 45.3 Å². The first-order chi connectivity index (χ1) is 14.5. The molecule has 1 aromatic carbocycles. The van der Waals surface area contributed by atoms with Gasteiger partial charge in [-0.15, -0.1) is 24.0 Å². The minimum atomic E-state index is -0.575. The van der Waals surface area contributed by atoms with E-state index in [0.717, 1.165) is 55.7 Å². The number of primary amides is 1. The maximum atomic E-state index is 11.2. The number of carbonyl (C=O) groups excluding carboxylic acids is 1. The number of halogens is 1. The maximum absolute atomic E-state index is 11.2. The molecule has 170 valence electrons. The third-order valence-electron chi connectivity index (χ3n) is 5.09. The Kier molecular flexibility index (Phi) is 9.44. The van der Waals surface area contributed by atoms with Crippen LogP contribution >= 0.6 is 24.0 Å². The van der Waals surface area contributed by atoms with Gasteiger partial charge >= 0.3 is 0 Å². The second-order valence-corrected chi connectivity index (χ2v) is 6.97. The smallest absolute Gasteiger partial charge is 0.284 e. The zero-order valence-corrected chi connectivity index (χ0v) is 20.4. The molecule has 0 radical (unpaired) electrons. The summed E-state index contributed by atoms with van der Waals surface area (Å²) in [4.78, 5) is 20.1. The molecule has 1 saturated heterocycles. The van der Waals surface area contributed by atoms with Crippen molar-refractivity contribution in [2.45, 2.75) is 13.1 Å². The first-order valence-electron chi connectivity index (χ1n) is 9.81. The second kappa shape index (κ2) is 11.8. The Labute approximate surface area is 199 Å². The number of hydrogen-bond donors (Lipinski definition) is 2. The van der Waals surface area contributed by atoms with Gasteiger partial charge in [-0.25, -0.2) is 0 Å². The average molecular weight is 543 g/mol. The standard InChI is InChI=1S/C21H29N5O4.HI/c1-23-21(24-13-17-5-7-19(30-17)20(22)27)26-10-8-25(9-11-26)14-15-12-16(28-2)4-6-18(15)29-3;/h4-7,12H,8-11,13-14H2,1-3H3,(H2,22,27)(H,23,24);1H. The Balaban J connectivity index is 0.00000341. The lowest BCUT2D eigenvalue weighted by Gasteiger charge is -2.36. The van der Waals surface area contributed by atoms with Crippen LogP contribution in [0, 0.1) is 0 Å². The number of hydrogen-bond acceptors (Lipinski definition) is 6. The van der Waals surface area contributed by atoms with Crippen LogP contribution in [0.25, 0.3) is 0 Å². The normalized spacial score (nSPS) is 14.7. The van der Waals surface area contributed by atoms with Crippen molar-refractivity contribution in [2.75, 3.05) is 47.4 Å². The Morgan fingerprint density at radius 2 is 1.90 bits per heavy atom. The fourth-order valence-corrected chi connectivity index (χ4v) is 3.47. The van der Waals surface area contributed by atoms with E-state index < -0.39 is 5.91 Å². The molecule has 0 saturated carbocycles. The number of methoxy groups -OCH3 is 2. The van der Waals surface area contributed by atoms with Gasteiger partial charge in [0.15, 0.2) is 11.7 Å². The van der Waals surface area contributed by atoms with Gasteiger partial charge in [0.2, 0.25) is 0 Å². The molecular formula is C21H30IN5O4. The molecule has 0 atom stereocenters. The van der Waals surface area contributed by atoms with E-state index in [-0.39, 0.29) is 29.7 Å². The molecule has 10 heteroatoms. The van der Waals surface area contributed by atoms with Gasteiger partial charge in [-0.1, -0.05) is 0 Å². The molecule has 31 heavy (non-hydrogen) atoms.